The molecule has 0 saturated carbocycles. The molecule has 0 aliphatic carbocycles. The molecule has 32 heavy (non-hydrogen) atoms. The molecule has 0 radical (unpaired) electrons. The summed E-state index contributed by atoms with van der Waals surface area (Å²) >= 11 is 1.43. The van der Waals surface area contributed by atoms with Crippen LogP contribution in [0, 0.1) is 0 Å². The van der Waals surface area contributed by atoms with Crippen molar-refractivity contribution in [3.05, 3.63) is 83.9 Å². The van der Waals surface area contributed by atoms with Gasteiger partial charge in [-0.15, -0.1) is 0 Å². The van der Waals surface area contributed by atoms with Gasteiger partial charge in [-0.05, 0) is 42.0 Å². The number of para-hydroxylation sites is 1. The van der Waals surface area contributed by atoms with Gasteiger partial charge in [0.05, 0.1) is 23.4 Å². The van der Waals surface area contributed by atoms with Crippen molar-refractivity contribution in [1.29, 1.82) is 0 Å². The second-order valence-corrected chi connectivity index (χ2v) is 8.63. The van der Waals surface area contributed by atoms with Gasteiger partial charge in [0.25, 0.3) is 5.91 Å². The van der Waals surface area contributed by atoms with Crippen LogP contribution < -0.4 is 10.1 Å². The van der Waals surface area contributed by atoms with Crippen molar-refractivity contribution in [3.63, 3.8) is 0 Å². The molecule has 0 spiro atoms. The SMILES string of the molecule is O=C(Nc1nc2ccc(Oc3ccccc3)cc2s1)c1ccc(CN2CCOCC2)cc1. The predicted octanol–water partition coefficient (Wildman–Crippen LogP) is 5.17. The van der Waals surface area contributed by atoms with Crippen molar-refractivity contribution in [1.82, 2.24) is 9.88 Å². The van der Waals surface area contributed by atoms with E-state index in [1.807, 2.05) is 72.8 Å². The standard InChI is InChI=1S/C25H23N3O3S/c29-24(19-8-6-18(7-9-19)17-28-12-14-30-15-13-28)27-25-26-22-11-10-21(16-23(22)32-25)31-20-4-2-1-3-5-20/h1-11,16H,12-15,17H2,(H,26,27,29). The fourth-order valence-electron chi connectivity index (χ4n) is 3.59. The number of hydrogen-bond acceptors (Lipinski definition) is 6. The van der Waals surface area contributed by atoms with Gasteiger partial charge < -0.3 is 9.47 Å². The van der Waals surface area contributed by atoms with Crippen molar-refractivity contribution in [2.24, 2.45) is 0 Å². The maximum absolute atomic E-state index is 12.7. The summed E-state index contributed by atoms with van der Waals surface area (Å²) in [4.78, 5) is 19.6. The van der Waals surface area contributed by atoms with Gasteiger partial charge in [0.15, 0.2) is 5.13 Å². The number of aromatic nitrogens is 1. The van der Waals surface area contributed by atoms with E-state index in [2.05, 4.69) is 15.2 Å². The number of fused-ring (bicyclic) bond motifs is 1. The minimum Gasteiger partial charge on any atom is -0.457 e. The summed E-state index contributed by atoms with van der Waals surface area (Å²) in [5, 5.41) is 3.49. The molecule has 1 aliphatic rings. The van der Waals surface area contributed by atoms with E-state index in [4.69, 9.17) is 9.47 Å². The highest BCUT2D eigenvalue weighted by molar-refractivity contribution is 7.22. The molecule has 1 aliphatic heterocycles. The third-order valence-electron chi connectivity index (χ3n) is 5.29. The summed E-state index contributed by atoms with van der Waals surface area (Å²) in [6, 6.07) is 23.1. The van der Waals surface area contributed by atoms with Crippen molar-refractivity contribution < 1.29 is 14.3 Å². The first-order valence-electron chi connectivity index (χ1n) is 10.6. The van der Waals surface area contributed by atoms with Crippen molar-refractivity contribution in [2.45, 2.75) is 6.54 Å². The third kappa shape index (κ3) is 4.96. The first-order valence-corrected chi connectivity index (χ1v) is 11.4. The Hall–Kier alpha value is -3.26. The molecule has 4 aromatic rings. The molecule has 1 N–H and O–H groups in total. The second-order valence-electron chi connectivity index (χ2n) is 7.60. The van der Waals surface area contributed by atoms with E-state index in [1.165, 1.54) is 16.9 Å². The maximum atomic E-state index is 12.7. The van der Waals surface area contributed by atoms with Gasteiger partial charge in [0.1, 0.15) is 11.5 Å². The van der Waals surface area contributed by atoms with Gasteiger partial charge in [-0.3, -0.25) is 15.0 Å². The number of hydrogen-bond donors (Lipinski definition) is 1. The Labute approximate surface area is 190 Å². The Morgan fingerprint density at radius 3 is 2.56 bits per heavy atom. The lowest BCUT2D eigenvalue weighted by molar-refractivity contribution is 0.0342. The summed E-state index contributed by atoms with van der Waals surface area (Å²) < 4.78 is 12.2. The smallest absolute Gasteiger partial charge is 0.257 e. The molecule has 1 fully saturated rings. The Morgan fingerprint density at radius 1 is 1.00 bits per heavy atom. The number of thiazole rings is 1. The van der Waals surface area contributed by atoms with Gasteiger partial charge in [-0.1, -0.05) is 41.7 Å². The summed E-state index contributed by atoms with van der Waals surface area (Å²) in [6.45, 7) is 4.32. The molecule has 1 aromatic heterocycles. The van der Waals surface area contributed by atoms with E-state index < -0.39 is 0 Å². The summed E-state index contributed by atoms with van der Waals surface area (Å²) in [6.07, 6.45) is 0. The number of rotatable bonds is 6. The molecule has 6 nitrogen and oxygen atoms in total. The maximum Gasteiger partial charge on any atom is 0.257 e. The molecule has 5 rings (SSSR count). The van der Waals surface area contributed by atoms with Gasteiger partial charge in [0.2, 0.25) is 0 Å². The molecular weight excluding hydrogens is 422 g/mol. The first-order chi connectivity index (χ1) is 15.7. The average Bonchev–Trinajstić information content (AvgIpc) is 3.22. The summed E-state index contributed by atoms with van der Waals surface area (Å²) in [7, 11) is 0. The number of nitrogens with one attached hydrogen (secondary N) is 1. The Balaban J connectivity index is 1.24. The lowest BCUT2D eigenvalue weighted by atomic mass is 10.1. The molecule has 0 unspecified atom stereocenters. The molecule has 0 atom stereocenters. The minimum atomic E-state index is -0.164. The molecule has 7 heteroatoms. The number of nitrogens with zero attached hydrogens (tertiary/aromatic N) is 2. The zero-order valence-corrected chi connectivity index (χ0v) is 18.3. The zero-order chi connectivity index (χ0) is 21.8. The minimum absolute atomic E-state index is 0.164. The van der Waals surface area contributed by atoms with Gasteiger partial charge in [-0.25, -0.2) is 4.98 Å². The molecule has 0 bridgehead atoms. The largest absolute Gasteiger partial charge is 0.457 e. The highest BCUT2D eigenvalue weighted by atomic mass is 32.1. The van der Waals surface area contributed by atoms with Crippen LogP contribution in [-0.2, 0) is 11.3 Å². The van der Waals surface area contributed by atoms with Crippen LogP contribution in [0.3, 0.4) is 0 Å². The molecule has 1 saturated heterocycles. The van der Waals surface area contributed by atoms with E-state index >= 15 is 0 Å². The van der Waals surface area contributed by atoms with E-state index in [0.717, 1.165) is 54.6 Å². The second kappa shape index (κ2) is 9.48. The van der Waals surface area contributed by atoms with Crippen molar-refractivity contribution >= 4 is 32.6 Å². The van der Waals surface area contributed by atoms with Crippen LogP contribution in [0.1, 0.15) is 15.9 Å². The number of carbonyl (C=O) groups excluding carboxylic acids is 1. The monoisotopic (exact) mass is 445 g/mol. The van der Waals surface area contributed by atoms with E-state index in [-0.39, 0.29) is 5.91 Å². The van der Waals surface area contributed by atoms with Crippen molar-refractivity contribution in [3.8, 4) is 11.5 Å². The summed E-state index contributed by atoms with van der Waals surface area (Å²) in [5.41, 5.74) is 2.63. The van der Waals surface area contributed by atoms with E-state index in [1.54, 1.807) is 0 Å². The van der Waals surface area contributed by atoms with Crippen molar-refractivity contribution in [2.75, 3.05) is 31.6 Å². The molecule has 2 heterocycles. The molecule has 3 aromatic carbocycles. The van der Waals surface area contributed by atoms with Gasteiger partial charge >= 0.3 is 0 Å². The summed E-state index contributed by atoms with van der Waals surface area (Å²) in [5.74, 6) is 1.35. The van der Waals surface area contributed by atoms with Crippen LogP contribution in [0.4, 0.5) is 5.13 Å². The number of amides is 1. The fourth-order valence-corrected chi connectivity index (χ4v) is 4.48. The van der Waals surface area contributed by atoms with Gasteiger partial charge in [-0.2, -0.15) is 0 Å². The number of carbonyl (C=O) groups is 1. The highest BCUT2D eigenvalue weighted by Crippen LogP contribution is 2.31. The Morgan fingerprint density at radius 2 is 1.78 bits per heavy atom. The van der Waals surface area contributed by atoms with Crippen LogP contribution in [0.2, 0.25) is 0 Å². The lowest BCUT2D eigenvalue weighted by Gasteiger charge is -2.26. The zero-order valence-electron chi connectivity index (χ0n) is 17.5. The normalized spacial score (nSPS) is 14.4. The quantitative estimate of drug-likeness (QED) is 0.443. The topological polar surface area (TPSA) is 63.7 Å². The average molecular weight is 446 g/mol. The number of anilines is 1. The number of benzene rings is 3. The van der Waals surface area contributed by atoms with E-state index in [9.17, 15) is 4.79 Å². The van der Waals surface area contributed by atoms with Crippen LogP contribution in [0.15, 0.2) is 72.8 Å². The lowest BCUT2D eigenvalue weighted by Crippen LogP contribution is -2.35. The Bertz CT molecular complexity index is 1200. The molecule has 1 amide bonds. The van der Waals surface area contributed by atoms with E-state index in [0.29, 0.717) is 10.7 Å². The van der Waals surface area contributed by atoms with Crippen LogP contribution >= 0.6 is 11.3 Å². The molecule has 162 valence electrons. The number of ether oxygens (including phenoxy) is 2. The predicted molar refractivity (Wildman–Crippen MR) is 127 cm³/mol. The third-order valence-corrected chi connectivity index (χ3v) is 6.22. The molecular formula is C25H23N3O3S. The number of morpholine rings is 1. The van der Waals surface area contributed by atoms with Crippen LogP contribution in [0.5, 0.6) is 11.5 Å². The first kappa shape index (κ1) is 20.6. The fraction of sp³-hybridized carbons (Fsp3) is 0.200. The van der Waals surface area contributed by atoms with Crippen LogP contribution in [-0.4, -0.2) is 42.1 Å². The Kier molecular flexibility index (Phi) is 6.11. The highest BCUT2D eigenvalue weighted by Gasteiger charge is 2.13. The van der Waals surface area contributed by atoms with Crippen LogP contribution in [0.25, 0.3) is 10.2 Å². The van der Waals surface area contributed by atoms with Gasteiger partial charge in [0, 0.05) is 31.3 Å².